The van der Waals surface area contributed by atoms with Crippen LogP contribution in [-0.4, -0.2) is 52.8 Å². The van der Waals surface area contributed by atoms with Gasteiger partial charge in [0.25, 0.3) is 0 Å². The summed E-state index contributed by atoms with van der Waals surface area (Å²) in [6, 6.07) is 6.45. The van der Waals surface area contributed by atoms with E-state index in [1.807, 2.05) is 33.8 Å². The number of aromatic nitrogens is 2. The van der Waals surface area contributed by atoms with Gasteiger partial charge in [-0.25, -0.2) is 14.4 Å². The van der Waals surface area contributed by atoms with Crippen molar-refractivity contribution in [2.45, 2.75) is 137 Å². The highest BCUT2D eigenvalue weighted by atomic mass is 19.1. The number of benzene rings is 1. The van der Waals surface area contributed by atoms with Crippen LogP contribution in [0.15, 0.2) is 12.1 Å². The zero-order valence-electron chi connectivity index (χ0n) is 28.3. The predicted molar refractivity (Wildman–Crippen MR) is 179 cm³/mol. The summed E-state index contributed by atoms with van der Waals surface area (Å²) in [5.74, 6) is 2.79. The summed E-state index contributed by atoms with van der Waals surface area (Å²) in [4.78, 5) is 14.5. The summed E-state index contributed by atoms with van der Waals surface area (Å²) in [6.07, 6.45) is 8.68. The van der Waals surface area contributed by atoms with E-state index in [9.17, 15) is 9.65 Å². The molecule has 2 aromatic rings. The van der Waals surface area contributed by atoms with Crippen molar-refractivity contribution in [2.75, 3.05) is 36.8 Å². The zero-order chi connectivity index (χ0) is 31.7. The first-order valence-electron chi connectivity index (χ1n) is 17.1. The fourth-order valence-corrected chi connectivity index (χ4v) is 7.11. The molecule has 4 aliphatic rings. The second kappa shape index (κ2) is 15.8. The molecule has 0 radical (unpaired) electrons. The van der Waals surface area contributed by atoms with Crippen molar-refractivity contribution in [3.8, 4) is 6.07 Å². The van der Waals surface area contributed by atoms with Crippen LogP contribution >= 0.6 is 0 Å². The second-order valence-electron chi connectivity index (χ2n) is 12.3. The Morgan fingerprint density at radius 3 is 2.42 bits per heavy atom. The van der Waals surface area contributed by atoms with Crippen molar-refractivity contribution in [3.05, 3.63) is 45.9 Å². The van der Waals surface area contributed by atoms with Gasteiger partial charge in [-0.2, -0.15) is 5.26 Å². The molecular weight excluding hydrogens is 535 g/mol. The topological polar surface area (TPSA) is 82.1 Å². The van der Waals surface area contributed by atoms with Crippen molar-refractivity contribution in [1.82, 2.24) is 14.9 Å². The van der Waals surface area contributed by atoms with Crippen LogP contribution in [0.25, 0.3) is 0 Å². The van der Waals surface area contributed by atoms with E-state index < -0.39 is 6.17 Å². The van der Waals surface area contributed by atoms with E-state index >= 15 is 0 Å². The van der Waals surface area contributed by atoms with E-state index in [1.165, 1.54) is 36.1 Å². The highest BCUT2D eigenvalue weighted by molar-refractivity contribution is 5.63. The smallest absolute Gasteiger partial charge is 0.135 e. The lowest BCUT2D eigenvalue weighted by atomic mass is 9.76. The van der Waals surface area contributed by atoms with E-state index in [0.717, 1.165) is 75.4 Å². The minimum atomic E-state index is -0.551. The fraction of sp³-hybridized carbons (Fsp3) is 0.694. The van der Waals surface area contributed by atoms with Crippen molar-refractivity contribution in [2.24, 2.45) is 0 Å². The maximum Gasteiger partial charge on any atom is 0.135 e. The lowest BCUT2D eigenvalue weighted by Crippen LogP contribution is -2.39. The molecule has 4 unspecified atom stereocenters. The zero-order valence-corrected chi connectivity index (χ0v) is 28.3. The molecule has 43 heavy (non-hydrogen) atoms. The Kier molecular flexibility index (Phi) is 12.8. The summed E-state index contributed by atoms with van der Waals surface area (Å²) in [5.41, 5.74) is 12.7. The van der Waals surface area contributed by atoms with Crippen LogP contribution in [0.5, 0.6) is 0 Å². The molecule has 0 amide bonds. The van der Waals surface area contributed by atoms with E-state index in [4.69, 9.17) is 15.7 Å². The summed E-state index contributed by atoms with van der Waals surface area (Å²) in [6.45, 7) is 20.8. The number of anilines is 2. The highest BCUT2D eigenvalue weighted by Crippen LogP contribution is 2.42. The normalized spacial score (nSPS) is 24.4. The van der Waals surface area contributed by atoms with Gasteiger partial charge in [-0.15, -0.1) is 0 Å². The van der Waals surface area contributed by atoms with Crippen LogP contribution in [0.2, 0.25) is 0 Å². The molecule has 6 nitrogen and oxygen atoms in total. The molecule has 3 saturated heterocycles. The third kappa shape index (κ3) is 7.51. The third-order valence-electron chi connectivity index (χ3n) is 9.73. The first-order valence-corrected chi connectivity index (χ1v) is 17.1. The van der Waals surface area contributed by atoms with Crippen LogP contribution in [0.1, 0.15) is 140 Å². The van der Waals surface area contributed by atoms with Crippen LogP contribution < -0.4 is 10.6 Å². The Labute approximate surface area is 261 Å². The molecule has 0 saturated carbocycles. The maximum absolute atomic E-state index is 12.8. The summed E-state index contributed by atoms with van der Waals surface area (Å²) in [5, 5.41) is 9.88. The Morgan fingerprint density at radius 1 is 1.12 bits per heavy atom. The van der Waals surface area contributed by atoms with Crippen LogP contribution in [0, 0.1) is 11.3 Å². The molecule has 238 valence electrons. The SMILES string of the molecule is CC.CC.CC12CCCN1CC(F)C2.CCc1nc2c(c(N3CCC3)n1)CCC(c1c(C(C)CC)ccc(N)c1C#N)C2. The molecule has 1 aliphatic carbocycles. The third-order valence-corrected chi connectivity index (χ3v) is 9.73. The van der Waals surface area contributed by atoms with Gasteiger partial charge < -0.3 is 10.6 Å². The number of fused-ring (bicyclic) bond motifs is 2. The molecule has 2 N–H and O–H groups in total. The molecule has 6 rings (SSSR count). The van der Waals surface area contributed by atoms with Gasteiger partial charge in [0.15, 0.2) is 0 Å². The summed E-state index contributed by atoms with van der Waals surface area (Å²) in [7, 11) is 0. The average molecular weight is 593 g/mol. The minimum Gasteiger partial charge on any atom is -0.398 e. The first-order chi connectivity index (χ1) is 20.8. The van der Waals surface area contributed by atoms with Crippen LogP contribution in [0.3, 0.4) is 0 Å². The van der Waals surface area contributed by atoms with Crippen LogP contribution in [0.4, 0.5) is 15.9 Å². The maximum atomic E-state index is 12.8. The number of hydrogen-bond acceptors (Lipinski definition) is 6. The van der Waals surface area contributed by atoms with Gasteiger partial charge in [0, 0.05) is 42.8 Å². The number of nitriles is 1. The lowest BCUT2D eigenvalue weighted by molar-refractivity contribution is 0.217. The van der Waals surface area contributed by atoms with Gasteiger partial charge in [0.1, 0.15) is 23.9 Å². The molecule has 4 heterocycles. The molecule has 7 heteroatoms. The Bertz CT molecular complexity index is 1240. The van der Waals surface area contributed by atoms with Crippen molar-refractivity contribution < 1.29 is 4.39 Å². The molecule has 3 aliphatic heterocycles. The van der Waals surface area contributed by atoms with E-state index in [0.29, 0.717) is 23.7 Å². The van der Waals surface area contributed by atoms with Gasteiger partial charge in [0.2, 0.25) is 0 Å². The van der Waals surface area contributed by atoms with Crippen molar-refractivity contribution in [3.63, 3.8) is 0 Å². The first kappa shape index (κ1) is 34.8. The molecule has 0 bridgehead atoms. The highest BCUT2D eigenvalue weighted by Gasteiger charge is 2.44. The lowest BCUT2D eigenvalue weighted by Gasteiger charge is -2.36. The molecular formula is C36H57FN6. The van der Waals surface area contributed by atoms with Gasteiger partial charge in [-0.05, 0) is 93.9 Å². The summed E-state index contributed by atoms with van der Waals surface area (Å²) >= 11 is 0. The Hall–Kier alpha value is -2.72. The number of alkyl halides is 1. The number of nitrogens with two attached hydrogens (primary N) is 1. The molecule has 1 aromatic carbocycles. The number of nitrogen functional groups attached to an aromatic ring is 1. The average Bonchev–Trinajstić information content (AvgIpc) is 3.50. The van der Waals surface area contributed by atoms with Crippen LogP contribution in [-0.2, 0) is 19.3 Å². The molecule has 1 aromatic heterocycles. The van der Waals surface area contributed by atoms with E-state index in [1.54, 1.807) is 0 Å². The van der Waals surface area contributed by atoms with Gasteiger partial charge >= 0.3 is 0 Å². The number of nitrogens with zero attached hydrogens (tertiary/aromatic N) is 5. The number of halogens is 1. The molecule has 3 fully saturated rings. The summed E-state index contributed by atoms with van der Waals surface area (Å²) < 4.78 is 12.8. The quantitative estimate of drug-likeness (QED) is 0.353. The van der Waals surface area contributed by atoms with Gasteiger partial charge in [-0.1, -0.05) is 54.5 Å². The number of hydrogen-bond donors (Lipinski definition) is 1. The minimum absolute atomic E-state index is 0.236. The predicted octanol–water partition coefficient (Wildman–Crippen LogP) is 8.12. The largest absolute Gasteiger partial charge is 0.398 e. The molecule has 0 spiro atoms. The van der Waals surface area contributed by atoms with Crippen molar-refractivity contribution in [1.29, 1.82) is 5.26 Å². The number of rotatable bonds is 5. The van der Waals surface area contributed by atoms with Gasteiger partial charge in [-0.3, -0.25) is 4.90 Å². The van der Waals surface area contributed by atoms with E-state index in [2.05, 4.69) is 49.6 Å². The molecule has 4 atom stereocenters. The second-order valence-corrected chi connectivity index (χ2v) is 12.3. The van der Waals surface area contributed by atoms with E-state index in [-0.39, 0.29) is 11.5 Å². The standard InChI is InChI=1S/C24H31N5.C8H14FN.2C2H6/c1-4-15(3)17-9-10-20(26)19(14-25)23(17)16-7-8-18-21(13-16)27-22(5-2)28-24(18)29-11-6-12-29;1-8-3-2-4-10(8)6-7(9)5-8;2*1-2/h9-10,15-16H,4-8,11-13,26H2,1-3H3;7H,2-6H2,1H3;2*1-2H3. The monoisotopic (exact) mass is 592 g/mol. The number of aryl methyl sites for hydroxylation is 1. The van der Waals surface area contributed by atoms with Gasteiger partial charge in [0.05, 0.1) is 11.3 Å². The fourth-order valence-electron chi connectivity index (χ4n) is 7.11. The Balaban J connectivity index is 0.000000300. The Morgan fingerprint density at radius 2 is 1.84 bits per heavy atom. The van der Waals surface area contributed by atoms with Crippen molar-refractivity contribution >= 4 is 11.5 Å².